The van der Waals surface area contributed by atoms with Crippen LogP contribution in [0.4, 0.5) is 0 Å². The van der Waals surface area contributed by atoms with Crippen molar-refractivity contribution >= 4 is 0 Å². The van der Waals surface area contributed by atoms with E-state index in [1.54, 1.807) is 7.11 Å². The zero-order chi connectivity index (χ0) is 23.8. The molecule has 2 atom stereocenters. The highest BCUT2D eigenvalue weighted by atomic mass is 16.5. The second kappa shape index (κ2) is 12.5. The van der Waals surface area contributed by atoms with E-state index in [-0.39, 0.29) is 6.10 Å². The number of methoxy groups -OCH3 is 1. The van der Waals surface area contributed by atoms with Crippen molar-refractivity contribution in [2.45, 2.75) is 76.9 Å². The Balaban J connectivity index is 1.46. The molecule has 2 aromatic rings. The van der Waals surface area contributed by atoms with Crippen LogP contribution in [0.2, 0.25) is 0 Å². The van der Waals surface area contributed by atoms with E-state index in [1.807, 2.05) is 0 Å². The van der Waals surface area contributed by atoms with Gasteiger partial charge in [0.15, 0.2) is 0 Å². The molecule has 6 heteroatoms. The highest BCUT2D eigenvalue weighted by Crippen LogP contribution is 2.30. The van der Waals surface area contributed by atoms with Gasteiger partial charge in [0.2, 0.25) is 5.88 Å². The zero-order valence-electron chi connectivity index (χ0n) is 21.2. The SMILES string of the molecule is CCCCc1nnc(OCC2CCN(C)CC2OC)cc1-c1ccc(OC2CCCCC2)cc1. The molecular weight excluding hydrogens is 426 g/mol. The van der Waals surface area contributed by atoms with Gasteiger partial charge in [0, 0.05) is 31.2 Å². The topological polar surface area (TPSA) is 56.7 Å². The second-order valence-corrected chi connectivity index (χ2v) is 9.94. The summed E-state index contributed by atoms with van der Waals surface area (Å²) in [6.45, 7) is 4.81. The van der Waals surface area contributed by atoms with Crippen LogP contribution in [0.25, 0.3) is 11.1 Å². The van der Waals surface area contributed by atoms with Crippen LogP contribution in [0.3, 0.4) is 0 Å². The van der Waals surface area contributed by atoms with Gasteiger partial charge in [-0.05, 0) is 76.2 Å². The molecule has 1 saturated heterocycles. The molecular formula is C28H41N3O3. The molecule has 34 heavy (non-hydrogen) atoms. The number of hydrogen-bond acceptors (Lipinski definition) is 6. The number of unbranched alkanes of at least 4 members (excludes halogenated alkanes) is 1. The lowest BCUT2D eigenvalue weighted by atomic mass is 9.95. The maximum Gasteiger partial charge on any atom is 0.234 e. The van der Waals surface area contributed by atoms with Crippen molar-refractivity contribution in [3.05, 3.63) is 36.0 Å². The number of benzene rings is 1. The van der Waals surface area contributed by atoms with Gasteiger partial charge in [-0.2, -0.15) is 5.10 Å². The molecule has 2 fully saturated rings. The van der Waals surface area contributed by atoms with Gasteiger partial charge in [-0.25, -0.2) is 0 Å². The van der Waals surface area contributed by atoms with Gasteiger partial charge in [0.1, 0.15) is 5.75 Å². The van der Waals surface area contributed by atoms with Gasteiger partial charge in [-0.15, -0.1) is 5.10 Å². The number of piperidine rings is 1. The van der Waals surface area contributed by atoms with E-state index < -0.39 is 0 Å². The normalized spacial score (nSPS) is 22.0. The van der Waals surface area contributed by atoms with Crippen molar-refractivity contribution in [3.63, 3.8) is 0 Å². The van der Waals surface area contributed by atoms with E-state index >= 15 is 0 Å². The predicted octanol–water partition coefficient (Wildman–Crippen LogP) is 5.54. The average molecular weight is 468 g/mol. The summed E-state index contributed by atoms with van der Waals surface area (Å²) in [6, 6.07) is 10.5. The lowest BCUT2D eigenvalue weighted by molar-refractivity contribution is -0.0197. The number of ether oxygens (including phenoxy) is 3. The molecule has 1 aromatic carbocycles. The van der Waals surface area contributed by atoms with Gasteiger partial charge in [0.05, 0.1) is 24.5 Å². The van der Waals surface area contributed by atoms with E-state index in [9.17, 15) is 0 Å². The minimum atomic E-state index is 0.187. The van der Waals surface area contributed by atoms with Crippen molar-refractivity contribution < 1.29 is 14.2 Å². The minimum Gasteiger partial charge on any atom is -0.490 e. The molecule has 0 spiro atoms. The molecule has 6 nitrogen and oxygen atoms in total. The first-order valence-corrected chi connectivity index (χ1v) is 13.1. The fourth-order valence-electron chi connectivity index (χ4n) is 5.11. The largest absolute Gasteiger partial charge is 0.490 e. The van der Waals surface area contributed by atoms with Crippen molar-refractivity contribution in [2.24, 2.45) is 5.92 Å². The molecule has 0 radical (unpaired) electrons. The van der Waals surface area contributed by atoms with Crippen molar-refractivity contribution in [2.75, 3.05) is 33.9 Å². The quantitative estimate of drug-likeness (QED) is 0.457. The number of aromatic nitrogens is 2. The molecule has 4 rings (SSSR count). The molecule has 186 valence electrons. The van der Waals surface area contributed by atoms with E-state index in [1.165, 1.54) is 32.1 Å². The molecule has 1 aliphatic heterocycles. The van der Waals surface area contributed by atoms with E-state index in [2.05, 4.69) is 59.4 Å². The zero-order valence-corrected chi connectivity index (χ0v) is 21.2. The van der Waals surface area contributed by atoms with Crippen LogP contribution < -0.4 is 9.47 Å². The third-order valence-electron chi connectivity index (χ3n) is 7.28. The fourth-order valence-corrected chi connectivity index (χ4v) is 5.11. The lowest BCUT2D eigenvalue weighted by Gasteiger charge is -2.35. The Morgan fingerprint density at radius 2 is 1.82 bits per heavy atom. The van der Waals surface area contributed by atoms with E-state index in [0.717, 1.165) is 61.3 Å². The number of hydrogen-bond donors (Lipinski definition) is 0. The minimum absolute atomic E-state index is 0.187. The number of likely N-dealkylation sites (tertiary alicyclic amines) is 1. The van der Waals surface area contributed by atoms with Crippen LogP contribution in [0.1, 0.15) is 64.0 Å². The molecule has 0 N–H and O–H groups in total. The van der Waals surface area contributed by atoms with Crippen LogP contribution in [0, 0.1) is 5.92 Å². The summed E-state index contributed by atoms with van der Waals surface area (Å²) in [5.74, 6) is 1.91. The molecule has 2 heterocycles. The van der Waals surface area contributed by atoms with Crippen LogP contribution >= 0.6 is 0 Å². The van der Waals surface area contributed by atoms with Crippen molar-refractivity contribution in [1.82, 2.24) is 15.1 Å². The summed E-state index contributed by atoms with van der Waals surface area (Å²) in [7, 11) is 3.93. The Kier molecular flexibility index (Phi) is 9.17. The van der Waals surface area contributed by atoms with Crippen LogP contribution in [-0.2, 0) is 11.2 Å². The standard InChI is InChI=1S/C28H41N3O3/c1-4-5-11-26-25(21-12-14-24(15-13-21)34-23-9-7-6-8-10-23)18-28(30-29-26)33-20-22-16-17-31(2)19-27(22)32-3/h12-15,18,22-23,27H,4-11,16-17,19-20H2,1-3H3. The molecule has 0 amide bonds. The average Bonchev–Trinajstić information content (AvgIpc) is 2.88. The van der Waals surface area contributed by atoms with Gasteiger partial charge < -0.3 is 19.1 Å². The number of likely N-dealkylation sites (N-methyl/N-ethyl adjacent to an activating group) is 1. The van der Waals surface area contributed by atoms with Crippen molar-refractivity contribution in [3.8, 4) is 22.8 Å². The molecule has 1 saturated carbocycles. The molecule has 2 unspecified atom stereocenters. The van der Waals surface area contributed by atoms with Gasteiger partial charge >= 0.3 is 0 Å². The number of aryl methyl sites for hydroxylation is 1. The van der Waals surface area contributed by atoms with E-state index in [4.69, 9.17) is 14.2 Å². The number of rotatable bonds is 10. The molecule has 1 aromatic heterocycles. The smallest absolute Gasteiger partial charge is 0.234 e. The Bertz CT molecular complexity index is 883. The first-order valence-electron chi connectivity index (χ1n) is 13.1. The summed E-state index contributed by atoms with van der Waals surface area (Å²) in [5, 5.41) is 8.99. The van der Waals surface area contributed by atoms with Crippen molar-refractivity contribution in [1.29, 1.82) is 0 Å². The predicted molar refractivity (Wildman–Crippen MR) is 135 cm³/mol. The molecule has 2 aliphatic rings. The maximum absolute atomic E-state index is 6.23. The monoisotopic (exact) mass is 467 g/mol. The van der Waals surface area contributed by atoms with Crippen LogP contribution in [0.15, 0.2) is 30.3 Å². The summed E-state index contributed by atoms with van der Waals surface area (Å²) in [4.78, 5) is 2.31. The van der Waals surface area contributed by atoms with Crippen LogP contribution in [0.5, 0.6) is 11.6 Å². The third-order valence-corrected chi connectivity index (χ3v) is 7.28. The summed E-state index contributed by atoms with van der Waals surface area (Å²) in [6.07, 6.45) is 11.0. The Hall–Kier alpha value is -2.18. The summed E-state index contributed by atoms with van der Waals surface area (Å²) < 4.78 is 18.1. The first kappa shape index (κ1) is 24.9. The highest BCUT2D eigenvalue weighted by molar-refractivity contribution is 5.67. The molecule has 0 bridgehead atoms. The van der Waals surface area contributed by atoms with Crippen LogP contribution in [-0.4, -0.2) is 61.2 Å². The first-order chi connectivity index (χ1) is 16.7. The highest BCUT2D eigenvalue weighted by Gasteiger charge is 2.28. The Labute approximate surface area is 205 Å². The van der Waals surface area contributed by atoms with Gasteiger partial charge in [-0.1, -0.05) is 31.9 Å². The summed E-state index contributed by atoms with van der Waals surface area (Å²) >= 11 is 0. The Morgan fingerprint density at radius 3 is 2.56 bits per heavy atom. The maximum atomic E-state index is 6.23. The van der Waals surface area contributed by atoms with E-state index in [0.29, 0.717) is 24.5 Å². The second-order valence-electron chi connectivity index (χ2n) is 9.94. The van der Waals surface area contributed by atoms with Gasteiger partial charge in [-0.3, -0.25) is 0 Å². The molecule has 1 aliphatic carbocycles. The lowest BCUT2D eigenvalue weighted by Crippen LogP contribution is -2.44. The van der Waals surface area contributed by atoms with Gasteiger partial charge in [0.25, 0.3) is 0 Å². The summed E-state index contributed by atoms with van der Waals surface area (Å²) in [5.41, 5.74) is 3.27. The number of nitrogens with zero attached hydrogens (tertiary/aromatic N) is 3. The third kappa shape index (κ3) is 6.70. The Morgan fingerprint density at radius 1 is 1.03 bits per heavy atom. The fraction of sp³-hybridized carbons (Fsp3) is 0.643.